The molecule has 0 fully saturated rings. The van der Waals surface area contributed by atoms with Crippen LogP contribution in [0.2, 0.25) is 5.02 Å². The number of anilines is 2. The highest BCUT2D eigenvalue weighted by atomic mass is 35.5. The fourth-order valence-electron chi connectivity index (χ4n) is 1.50. The molecule has 0 aliphatic carbocycles. The molecule has 0 aromatic heterocycles. The van der Waals surface area contributed by atoms with E-state index in [9.17, 15) is 4.79 Å². The number of hydrogen-bond donors (Lipinski definition) is 2. The summed E-state index contributed by atoms with van der Waals surface area (Å²) in [6, 6.07) is 5.55. The van der Waals surface area contributed by atoms with Gasteiger partial charge in [-0.05, 0) is 30.0 Å². The van der Waals surface area contributed by atoms with Gasteiger partial charge in [0.15, 0.2) is 0 Å². The molecule has 0 bridgehead atoms. The molecule has 3 nitrogen and oxygen atoms in total. The minimum Gasteiger partial charge on any atom is -0.385 e. The van der Waals surface area contributed by atoms with E-state index in [2.05, 4.69) is 31.4 Å². The number of benzene rings is 1. The number of carbonyl (C=O) groups excluding carboxylic acids is 1. The number of hydrogen-bond acceptors (Lipinski definition) is 2. The molecular weight excluding hydrogens is 248 g/mol. The molecule has 0 spiro atoms. The van der Waals surface area contributed by atoms with Crippen molar-refractivity contribution in [2.24, 2.45) is 5.41 Å². The van der Waals surface area contributed by atoms with Crippen LogP contribution in [0, 0.1) is 5.41 Å². The van der Waals surface area contributed by atoms with Gasteiger partial charge in [0, 0.05) is 19.2 Å². The molecule has 100 valence electrons. The minimum absolute atomic E-state index is 0.120. The van der Waals surface area contributed by atoms with Crippen LogP contribution in [0.3, 0.4) is 0 Å². The van der Waals surface area contributed by atoms with E-state index < -0.39 is 0 Å². The number of nitrogens with one attached hydrogen (secondary N) is 2. The van der Waals surface area contributed by atoms with E-state index in [4.69, 9.17) is 11.6 Å². The van der Waals surface area contributed by atoms with Gasteiger partial charge in [-0.15, -0.1) is 0 Å². The zero-order valence-corrected chi connectivity index (χ0v) is 12.2. The van der Waals surface area contributed by atoms with Gasteiger partial charge in [0.25, 0.3) is 0 Å². The van der Waals surface area contributed by atoms with Crippen LogP contribution < -0.4 is 10.6 Å². The number of amides is 1. The van der Waals surface area contributed by atoms with Crippen LogP contribution in [0.1, 0.15) is 34.1 Å². The van der Waals surface area contributed by atoms with Crippen molar-refractivity contribution in [3.05, 3.63) is 23.2 Å². The molecule has 1 aromatic rings. The van der Waals surface area contributed by atoms with E-state index in [1.165, 1.54) is 6.92 Å². The molecule has 0 atom stereocenters. The third kappa shape index (κ3) is 5.41. The third-order valence-corrected chi connectivity index (χ3v) is 2.80. The van der Waals surface area contributed by atoms with Crippen molar-refractivity contribution in [3.8, 4) is 0 Å². The molecule has 0 heterocycles. The lowest BCUT2D eigenvalue weighted by atomic mass is 9.92. The summed E-state index contributed by atoms with van der Waals surface area (Å²) < 4.78 is 0. The standard InChI is InChI=1S/C14H21ClN2O/c1-10(18)17-13-6-5-11(9-12(13)15)16-8-7-14(2,3)4/h5-6,9,16H,7-8H2,1-4H3,(H,17,18). The Kier molecular flexibility index (Phi) is 5.03. The number of carbonyl (C=O) groups is 1. The molecule has 1 amide bonds. The highest BCUT2D eigenvalue weighted by molar-refractivity contribution is 6.34. The Morgan fingerprint density at radius 1 is 1.33 bits per heavy atom. The number of rotatable bonds is 4. The van der Waals surface area contributed by atoms with Gasteiger partial charge < -0.3 is 10.6 Å². The second-order valence-corrected chi connectivity index (χ2v) is 6.02. The summed E-state index contributed by atoms with van der Waals surface area (Å²) in [4.78, 5) is 10.9. The maximum Gasteiger partial charge on any atom is 0.221 e. The molecule has 0 unspecified atom stereocenters. The zero-order valence-electron chi connectivity index (χ0n) is 11.4. The Balaban J connectivity index is 2.59. The second-order valence-electron chi connectivity index (χ2n) is 5.61. The van der Waals surface area contributed by atoms with E-state index in [-0.39, 0.29) is 5.91 Å². The van der Waals surface area contributed by atoms with Gasteiger partial charge in [-0.1, -0.05) is 32.4 Å². The summed E-state index contributed by atoms with van der Waals surface area (Å²) in [5.74, 6) is -0.120. The first-order chi connectivity index (χ1) is 8.28. The molecule has 2 N–H and O–H groups in total. The van der Waals surface area contributed by atoms with E-state index in [1.807, 2.05) is 18.2 Å². The van der Waals surface area contributed by atoms with Crippen LogP contribution in [0.15, 0.2) is 18.2 Å². The van der Waals surface area contributed by atoms with Crippen LogP contribution >= 0.6 is 11.6 Å². The van der Waals surface area contributed by atoms with Gasteiger partial charge in [-0.25, -0.2) is 0 Å². The Morgan fingerprint density at radius 3 is 2.50 bits per heavy atom. The average molecular weight is 269 g/mol. The first-order valence-electron chi connectivity index (χ1n) is 6.09. The molecular formula is C14H21ClN2O. The van der Waals surface area contributed by atoms with E-state index in [0.717, 1.165) is 18.7 Å². The second kappa shape index (κ2) is 6.10. The maximum atomic E-state index is 10.9. The van der Waals surface area contributed by atoms with Crippen molar-refractivity contribution in [1.82, 2.24) is 0 Å². The highest BCUT2D eigenvalue weighted by Gasteiger charge is 2.09. The van der Waals surface area contributed by atoms with Crippen LogP contribution in [-0.4, -0.2) is 12.5 Å². The van der Waals surface area contributed by atoms with Crippen molar-refractivity contribution in [2.45, 2.75) is 34.1 Å². The molecule has 0 aliphatic heterocycles. The molecule has 1 aromatic carbocycles. The van der Waals surface area contributed by atoms with Gasteiger partial charge >= 0.3 is 0 Å². The maximum absolute atomic E-state index is 10.9. The molecule has 0 aliphatic rings. The topological polar surface area (TPSA) is 41.1 Å². The molecule has 1 rings (SSSR count). The Labute approximate surface area is 114 Å². The highest BCUT2D eigenvalue weighted by Crippen LogP contribution is 2.26. The van der Waals surface area contributed by atoms with Gasteiger partial charge in [0.05, 0.1) is 10.7 Å². The fourth-order valence-corrected chi connectivity index (χ4v) is 1.73. The molecule has 0 saturated heterocycles. The summed E-state index contributed by atoms with van der Waals surface area (Å²) >= 11 is 6.09. The van der Waals surface area contributed by atoms with Crippen molar-refractivity contribution in [3.63, 3.8) is 0 Å². The first-order valence-corrected chi connectivity index (χ1v) is 6.47. The SMILES string of the molecule is CC(=O)Nc1ccc(NCCC(C)(C)C)cc1Cl. The van der Waals surface area contributed by atoms with Crippen molar-refractivity contribution >= 4 is 28.9 Å². The predicted octanol–water partition coefficient (Wildman–Crippen LogP) is 4.15. The van der Waals surface area contributed by atoms with E-state index >= 15 is 0 Å². The Hall–Kier alpha value is -1.22. The van der Waals surface area contributed by atoms with Crippen molar-refractivity contribution in [2.75, 3.05) is 17.2 Å². The minimum atomic E-state index is -0.120. The van der Waals surface area contributed by atoms with Crippen LogP contribution in [0.4, 0.5) is 11.4 Å². The fraction of sp³-hybridized carbons (Fsp3) is 0.500. The summed E-state index contributed by atoms with van der Waals surface area (Å²) in [6.45, 7) is 9.00. The van der Waals surface area contributed by atoms with Crippen LogP contribution in [-0.2, 0) is 4.79 Å². The molecule has 0 saturated carbocycles. The predicted molar refractivity (Wildman–Crippen MR) is 78.3 cm³/mol. The van der Waals surface area contributed by atoms with E-state index in [0.29, 0.717) is 16.1 Å². The largest absolute Gasteiger partial charge is 0.385 e. The molecule has 4 heteroatoms. The van der Waals surface area contributed by atoms with Gasteiger partial charge in [-0.2, -0.15) is 0 Å². The van der Waals surface area contributed by atoms with Crippen molar-refractivity contribution < 1.29 is 4.79 Å². The summed E-state index contributed by atoms with van der Waals surface area (Å²) in [5.41, 5.74) is 1.93. The normalized spacial score (nSPS) is 11.2. The van der Waals surface area contributed by atoms with Crippen LogP contribution in [0.5, 0.6) is 0 Å². The molecule has 18 heavy (non-hydrogen) atoms. The zero-order chi connectivity index (χ0) is 13.8. The summed E-state index contributed by atoms with van der Waals surface area (Å²) in [5, 5.41) is 6.55. The lowest BCUT2D eigenvalue weighted by molar-refractivity contribution is -0.114. The lowest BCUT2D eigenvalue weighted by Gasteiger charge is -2.18. The average Bonchev–Trinajstić information content (AvgIpc) is 2.19. The van der Waals surface area contributed by atoms with Gasteiger partial charge in [-0.3, -0.25) is 4.79 Å². The summed E-state index contributed by atoms with van der Waals surface area (Å²) in [7, 11) is 0. The van der Waals surface area contributed by atoms with E-state index in [1.54, 1.807) is 0 Å². The molecule has 0 radical (unpaired) electrons. The smallest absolute Gasteiger partial charge is 0.221 e. The summed E-state index contributed by atoms with van der Waals surface area (Å²) in [6.07, 6.45) is 1.08. The van der Waals surface area contributed by atoms with Gasteiger partial charge in [0.2, 0.25) is 5.91 Å². The Morgan fingerprint density at radius 2 is 2.00 bits per heavy atom. The Bertz CT molecular complexity index is 424. The van der Waals surface area contributed by atoms with Crippen molar-refractivity contribution in [1.29, 1.82) is 0 Å². The quantitative estimate of drug-likeness (QED) is 0.861. The number of halogens is 1. The monoisotopic (exact) mass is 268 g/mol. The van der Waals surface area contributed by atoms with Crippen LogP contribution in [0.25, 0.3) is 0 Å². The lowest BCUT2D eigenvalue weighted by Crippen LogP contribution is -2.13. The first kappa shape index (κ1) is 14.8. The van der Waals surface area contributed by atoms with Gasteiger partial charge in [0.1, 0.15) is 0 Å². The third-order valence-electron chi connectivity index (χ3n) is 2.48.